The number of carbonyl (C=O) groups excluding carboxylic acids is 1. The lowest BCUT2D eigenvalue weighted by Gasteiger charge is -2.14. The summed E-state index contributed by atoms with van der Waals surface area (Å²) in [7, 11) is 1.73. The summed E-state index contributed by atoms with van der Waals surface area (Å²) in [5, 5.41) is 8.84. The third-order valence-corrected chi connectivity index (χ3v) is 4.09. The van der Waals surface area contributed by atoms with Gasteiger partial charge in [-0.25, -0.2) is 0 Å². The van der Waals surface area contributed by atoms with Crippen LogP contribution in [0.2, 0.25) is 0 Å². The predicted octanol–water partition coefficient (Wildman–Crippen LogP) is 3.37. The van der Waals surface area contributed by atoms with Gasteiger partial charge in [0.2, 0.25) is 0 Å². The lowest BCUT2D eigenvalue weighted by atomic mass is 10.1. The minimum atomic E-state index is -0.178. The molecule has 0 saturated heterocycles. The van der Waals surface area contributed by atoms with E-state index in [1.54, 1.807) is 18.9 Å². The van der Waals surface area contributed by atoms with Crippen molar-refractivity contribution in [1.29, 1.82) is 0 Å². The van der Waals surface area contributed by atoms with Gasteiger partial charge in [0.1, 0.15) is 11.5 Å². The predicted molar refractivity (Wildman–Crippen MR) is 94.8 cm³/mol. The Labute approximate surface area is 147 Å². The number of nitrogens with zero attached hydrogens (tertiary/aromatic N) is 4. The maximum atomic E-state index is 12.7. The molecule has 0 bridgehead atoms. The van der Waals surface area contributed by atoms with Crippen LogP contribution in [0, 0.1) is 27.7 Å². The molecule has 0 aliphatic heterocycles. The Kier molecular flexibility index (Phi) is 4.44. The summed E-state index contributed by atoms with van der Waals surface area (Å²) >= 11 is 0. The van der Waals surface area contributed by atoms with E-state index < -0.39 is 0 Å². The number of carbonyl (C=O) groups is 1. The van der Waals surface area contributed by atoms with E-state index in [2.05, 4.69) is 16.3 Å². The van der Waals surface area contributed by atoms with Crippen LogP contribution in [-0.2, 0) is 6.54 Å². The molecule has 1 amide bonds. The molecule has 6 heteroatoms. The quantitative estimate of drug-likeness (QED) is 0.732. The number of amides is 1. The number of hydrogen-bond acceptors (Lipinski definition) is 4. The zero-order valence-electron chi connectivity index (χ0n) is 15.2. The first-order valence-corrected chi connectivity index (χ1v) is 8.17. The molecular weight excluding hydrogens is 316 g/mol. The van der Waals surface area contributed by atoms with Gasteiger partial charge in [-0.2, -0.15) is 9.90 Å². The highest BCUT2D eigenvalue weighted by molar-refractivity contribution is 5.93. The maximum Gasteiger partial charge on any atom is 0.276 e. The van der Waals surface area contributed by atoms with E-state index in [4.69, 9.17) is 4.42 Å². The van der Waals surface area contributed by atoms with E-state index in [1.807, 2.05) is 45.0 Å². The van der Waals surface area contributed by atoms with Crippen LogP contribution in [0.5, 0.6) is 0 Å². The van der Waals surface area contributed by atoms with Crippen molar-refractivity contribution in [3.05, 3.63) is 64.4 Å². The number of furan rings is 1. The average molecular weight is 338 g/mol. The summed E-state index contributed by atoms with van der Waals surface area (Å²) in [6.45, 7) is 8.12. The summed E-state index contributed by atoms with van der Waals surface area (Å²) in [6.07, 6.45) is 0. The first kappa shape index (κ1) is 17.0. The van der Waals surface area contributed by atoms with E-state index in [-0.39, 0.29) is 5.91 Å². The maximum absolute atomic E-state index is 12.7. The standard InChI is InChI=1S/C19H22N4O2/c1-12-6-9-17(13(2)10-12)23-20-15(4)18(21-23)19(24)22(5)11-16-8-7-14(3)25-16/h6-10H,11H2,1-5H3. The Hall–Kier alpha value is -2.89. The van der Waals surface area contributed by atoms with Crippen LogP contribution < -0.4 is 0 Å². The summed E-state index contributed by atoms with van der Waals surface area (Å²) in [4.78, 5) is 15.8. The molecule has 6 nitrogen and oxygen atoms in total. The van der Waals surface area contributed by atoms with Crippen molar-refractivity contribution in [1.82, 2.24) is 19.9 Å². The highest BCUT2D eigenvalue weighted by atomic mass is 16.3. The summed E-state index contributed by atoms with van der Waals surface area (Å²) in [6, 6.07) is 9.80. The van der Waals surface area contributed by atoms with Crippen LogP contribution in [-0.4, -0.2) is 32.8 Å². The summed E-state index contributed by atoms with van der Waals surface area (Å²) in [5.74, 6) is 1.39. The molecule has 0 saturated carbocycles. The van der Waals surface area contributed by atoms with Crippen molar-refractivity contribution in [3.63, 3.8) is 0 Å². The van der Waals surface area contributed by atoms with E-state index >= 15 is 0 Å². The molecular formula is C19H22N4O2. The van der Waals surface area contributed by atoms with Crippen LogP contribution in [0.15, 0.2) is 34.7 Å². The Morgan fingerprint density at radius 3 is 2.52 bits per heavy atom. The first-order chi connectivity index (χ1) is 11.8. The molecule has 0 aliphatic rings. The fourth-order valence-corrected chi connectivity index (χ4v) is 2.77. The second kappa shape index (κ2) is 6.55. The molecule has 1 aromatic carbocycles. The van der Waals surface area contributed by atoms with Crippen molar-refractivity contribution in [3.8, 4) is 5.69 Å². The van der Waals surface area contributed by atoms with Crippen LogP contribution in [0.1, 0.15) is 38.8 Å². The Morgan fingerprint density at radius 1 is 1.12 bits per heavy atom. The van der Waals surface area contributed by atoms with Gasteiger partial charge < -0.3 is 9.32 Å². The van der Waals surface area contributed by atoms with Crippen molar-refractivity contribution < 1.29 is 9.21 Å². The molecule has 0 unspecified atom stereocenters. The topological polar surface area (TPSA) is 64.2 Å². The molecule has 0 fully saturated rings. The molecule has 0 radical (unpaired) electrons. The van der Waals surface area contributed by atoms with Crippen LogP contribution in [0.4, 0.5) is 0 Å². The number of hydrogen-bond donors (Lipinski definition) is 0. The van der Waals surface area contributed by atoms with Gasteiger partial charge in [0.05, 0.1) is 17.9 Å². The Balaban J connectivity index is 1.85. The molecule has 3 aromatic rings. The molecule has 2 aromatic heterocycles. The number of aromatic nitrogens is 3. The smallest absolute Gasteiger partial charge is 0.276 e. The van der Waals surface area contributed by atoms with Gasteiger partial charge in [-0.1, -0.05) is 17.7 Å². The van der Waals surface area contributed by atoms with Crippen molar-refractivity contribution in [2.24, 2.45) is 0 Å². The van der Waals surface area contributed by atoms with Crippen molar-refractivity contribution >= 4 is 5.91 Å². The molecule has 130 valence electrons. The summed E-state index contributed by atoms with van der Waals surface area (Å²) < 4.78 is 5.54. The summed E-state index contributed by atoms with van der Waals surface area (Å²) in [5.41, 5.74) is 4.07. The minimum absolute atomic E-state index is 0.178. The van der Waals surface area contributed by atoms with Gasteiger partial charge >= 0.3 is 0 Å². The molecule has 0 atom stereocenters. The van der Waals surface area contributed by atoms with Gasteiger partial charge in [0.25, 0.3) is 5.91 Å². The normalized spacial score (nSPS) is 10.9. The second-order valence-electron chi connectivity index (χ2n) is 6.39. The minimum Gasteiger partial charge on any atom is -0.464 e. The molecule has 0 spiro atoms. The monoisotopic (exact) mass is 338 g/mol. The third-order valence-electron chi connectivity index (χ3n) is 4.09. The van der Waals surface area contributed by atoms with Crippen LogP contribution >= 0.6 is 0 Å². The van der Waals surface area contributed by atoms with E-state index in [9.17, 15) is 4.79 Å². The highest BCUT2D eigenvalue weighted by Gasteiger charge is 2.21. The fraction of sp³-hybridized carbons (Fsp3) is 0.316. The molecule has 3 rings (SSSR count). The van der Waals surface area contributed by atoms with Crippen LogP contribution in [0.3, 0.4) is 0 Å². The lowest BCUT2D eigenvalue weighted by molar-refractivity contribution is 0.0768. The van der Waals surface area contributed by atoms with E-state index in [1.165, 1.54) is 10.4 Å². The first-order valence-electron chi connectivity index (χ1n) is 8.17. The van der Waals surface area contributed by atoms with Gasteiger partial charge in [0, 0.05) is 7.05 Å². The molecule has 0 aliphatic carbocycles. The molecule has 0 N–H and O–H groups in total. The van der Waals surface area contributed by atoms with E-state index in [0.717, 1.165) is 22.8 Å². The molecule has 25 heavy (non-hydrogen) atoms. The van der Waals surface area contributed by atoms with Gasteiger partial charge in [-0.05, 0) is 51.5 Å². The SMILES string of the molecule is Cc1ccc(-n2nc(C)c(C(=O)N(C)Cc3ccc(C)o3)n2)c(C)c1. The van der Waals surface area contributed by atoms with Gasteiger partial charge in [-0.15, -0.1) is 5.10 Å². The number of aryl methyl sites for hydroxylation is 4. The lowest BCUT2D eigenvalue weighted by Crippen LogP contribution is -2.27. The van der Waals surface area contributed by atoms with Crippen LogP contribution in [0.25, 0.3) is 5.69 Å². The third kappa shape index (κ3) is 3.47. The fourth-order valence-electron chi connectivity index (χ4n) is 2.77. The van der Waals surface area contributed by atoms with Gasteiger partial charge in [-0.3, -0.25) is 4.79 Å². The second-order valence-corrected chi connectivity index (χ2v) is 6.39. The highest BCUT2D eigenvalue weighted by Crippen LogP contribution is 2.17. The van der Waals surface area contributed by atoms with Gasteiger partial charge in [0.15, 0.2) is 5.69 Å². The Morgan fingerprint density at radius 2 is 1.88 bits per heavy atom. The average Bonchev–Trinajstić information content (AvgIpc) is 3.12. The zero-order valence-corrected chi connectivity index (χ0v) is 15.2. The molecule has 2 heterocycles. The number of rotatable bonds is 4. The number of benzene rings is 1. The van der Waals surface area contributed by atoms with Crippen molar-refractivity contribution in [2.75, 3.05) is 7.05 Å². The van der Waals surface area contributed by atoms with E-state index in [0.29, 0.717) is 17.9 Å². The largest absolute Gasteiger partial charge is 0.464 e. The Bertz CT molecular complexity index is 923. The van der Waals surface area contributed by atoms with Crippen molar-refractivity contribution in [2.45, 2.75) is 34.2 Å². The zero-order chi connectivity index (χ0) is 18.1.